The van der Waals surface area contributed by atoms with E-state index in [1.807, 2.05) is 42.5 Å². The molecule has 0 aliphatic carbocycles. The number of carbonyl (C=O) groups excluding carboxylic acids is 1. The van der Waals surface area contributed by atoms with Gasteiger partial charge in [-0.1, -0.05) is 54.6 Å². The number of hydrogen-bond donors (Lipinski definition) is 1. The Morgan fingerprint density at radius 3 is 2.53 bits per heavy atom. The molecular weight excluding hydrogens is 465 g/mol. The second kappa shape index (κ2) is 8.45. The average molecular weight is 480 g/mol. The van der Waals surface area contributed by atoms with Crippen molar-refractivity contribution in [3.8, 4) is 5.75 Å². The number of halogens is 3. The van der Waals surface area contributed by atoms with Crippen molar-refractivity contribution in [2.45, 2.75) is 12.8 Å². The first kappa shape index (κ1) is 21.9. The topological polar surface area (TPSA) is 78.1 Å². The molecule has 5 rings (SSSR count). The summed E-state index contributed by atoms with van der Waals surface area (Å²) in [6.45, 7) is 0.370. The van der Waals surface area contributed by atoms with Crippen LogP contribution in [0.25, 0.3) is 16.8 Å². The lowest BCUT2D eigenvalue weighted by Gasteiger charge is -2.20. The van der Waals surface area contributed by atoms with Gasteiger partial charge >= 0.3 is 6.18 Å². The van der Waals surface area contributed by atoms with Gasteiger partial charge in [-0.15, -0.1) is 0 Å². The number of hydrazone groups is 1. The SMILES string of the molecule is N=C1/C(=C/c2ccc(OCc3cccc4ccccc34)cc2)C(=O)N=C2SC(C(F)(F)F)=NN12. The van der Waals surface area contributed by atoms with Gasteiger partial charge in [0.1, 0.15) is 12.4 Å². The van der Waals surface area contributed by atoms with E-state index in [4.69, 9.17) is 10.1 Å². The summed E-state index contributed by atoms with van der Waals surface area (Å²) in [6, 6.07) is 20.8. The fourth-order valence-electron chi connectivity index (χ4n) is 3.51. The highest BCUT2D eigenvalue weighted by Gasteiger charge is 2.46. The standard InChI is InChI=1S/C24H15F3N4O2S/c25-24(26,27)22-30-31-20(28)19(21(32)29-23(31)34-22)12-14-8-10-17(11-9-14)33-13-16-6-3-5-15-4-1-2-7-18(15)16/h1-12,28H,13H2/b19-12-,28-20?. The summed E-state index contributed by atoms with van der Waals surface area (Å²) >= 11 is 0.219. The highest BCUT2D eigenvalue weighted by molar-refractivity contribution is 8.27. The van der Waals surface area contributed by atoms with Crippen molar-refractivity contribution in [2.24, 2.45) is 10.1 Å². The second-order valence-electron chi connectivity index (χ2n) is 7.42. The number of fused-ring (bicyclic) bond motifs is 2. The fourth-order valence-corrected chi connectivity index (χ4v) is 4.27. The number of nitrogens with zero attached hydrogens (tertiary/aromatic N) is 3. The third-order valence-corrected chi connectivity index (χ3v) is 6.12. The number of nitrogens with one attached hydrogen (secondary N) is 1. The van der Waals surface area contributed by atoms with Gasteiger partial charge < -0.3 is 4.74 Å². The molecule has 0 atom stereocenters. The van der Waals surface area contributed by atoms with Crippen LogP contribution < -0.4 is 4.74 Å². The number of amides is 1. The second-order valence-corrected chi connectivity index (χ2v) is 8.37. The van der Waals surface area contributed by atoms with Gasteiger partial charge in [0.2, 0.25) is 10.2 Å². The Balaban J connectivity index is 1.32. The van der Waals surface area contributed by atoms with E-state index in [1.54, 1.807) is 24.3 Å². The first-order chi connectivity index (χ1) is 16.3. The molecule has 2 heterocycles. The lowest BCUT2D eigenvalue weighted by atomic mass is 10.1. The summed E-state index contributed by atoms with van der Waals surface area (Å²) < 4.78 is 44.7. The number of hydrogen-bond acceptors (Lipinski definition) is 5. The first-order valence-electron chi connectivity index (χ1n) is 10.1. The van der Waals surface area contributed by atoms with Gasteiger partial charge in [0.05, 0.1) is 5.57 Å². The van der Waals surface area contributed by atoms with Crippen molar-refractivity contribution in [1.82, 2.24) is 5.01 Å². The van der Waals surface area contributed by atoms with Crippen molar-refractivity contribution >= 4 is 50.6 Å². The lowest BCUT2D eigenvalue weighted by Crippen LogP contribution is -2.35. The van der Waals surface area contributed by atoms with Crippen molar-refractivity contribution in [3.05, 3.63) is 83.4 Å². The predicted octanol–water partition coefficient (Wildman–Crippen LogP) is 5.60. The number of alkyl halides is 3. The van der Waals surface area contributed by atoms with Crippen LogP contribution in [0.5, 0.6) is 5.75 Å². The van der Waals surface area contributed by atoms with E-state index < -0.39 is 23.0 Å². The third-order valence-electron chi connectivity index (χ3n) is 5.16. The zero-order valence-corrected chi connectivity index (χ0v) is 18.2. The van der Waals surface area contributed by atoms with Crippen LogP contribution in [0.2, 0.25) is 0 Å². The van der Waals surface area contributed by atoms with Crippen LogP contribution in [-0.4, -0.2) is 33.1 Å². The number of carbonyl (C=O) groups is 1. The molecule has 0 bridgehead atoms. The largest absolute Gasteiger partial charge is 0.489 e. The van der Waals surface area contributed by atoms with Gasteiger partial charge in [-0.2, -0.15) is 28.3 Å². The van der Waals surface area contributed by atoms with Crippen molar-refractivity contribution in [2.75, 3.05) is 0 Å². The van der Waals surface area contributed by atoms with Crippen LogP contribution in [0, 0.1) is 5.41 Å². The van der Waals surface area contributed by atoms with E-state index in [2.05, 4.69) is 10.1 Å². The molecule has 0 radical (unpaired) electrons. The number of amidine groups is 2. The maximum Gasteiger partial charge on any atom is 0.441 e. The number of ether oxygens (including phenoxy) is 1. The highest BCUT2D eigenvalue weighted by Crippen LogP contribution is 2.35. The summed E-state index contributed by atoms with van der Waals surface area (Å²) in [6.07, 6.45) is -3.29. The zero-order chi connectivity index (χ0) is 23.9. The molecule has 3 aromatic carbocycles. The van der Waals surface area contributed by atoms with Crippen LogP contribution in [0.15, 0.2) is 82.4 Å². The average Bonchev–Trinajstić information content (AvgIpc) is 3.26. The predicted molar refractivity (Wildman–Crippen MR) is 126 cm³/mol. The van der Waals surface area contributed by atoms with E-state index in [0.29, 0.717) is 17.9 Å². The zero-order valence-electron chi connectivity index (χ0n) is 17.3. The first-order valence-corrected chi connectivity index (χ1v) is 10.9. The van der Waals surface area contributed by atoms with Gasteiger partial charge in [-0.05, 0) is 51.9 Å². The molecule has 0 unspecified atom stereocenters. The number of thioether (sulfide) groups is 1. The van der Waals surface area contributed by atoms with Crippen molar-refractivity contribution < 1.29 is 22.7 Å². The van der Waals surface area contributed by atoms with Gasteiger partial charge in [-0.3, -0.25) is 10.2 Å². The monoisotopic (exact) mass is 480 g/mol. The number of aliphatic imine (C=N–C) groups is 1. The molecule has 0 fully saturated rings. The summed E-state index contributed by atoms with van der Waals surface area (Å²) in [5.41, 5.74) is 1.46. The van der Waals surface area contributed by atoms with Crippen LogP contribution in [0.4, 0.5) is 13.2 Å². The molecule has 1 N–H and O–H groups in total. The molecule has 3 aromatic rings. The van der Waals surface area contributed by atoms with Crippen LogP contribution in [0.1, 0.15) is 11.1 Å². The minimum Gasteiger partial charge on any atom is -0.489 e. The quantitative estimate of drug-likeness (QED) is 0.493. The summed E-state index contributed by atoms with van der Waals surface area (Å²) in [5.74, 6) is -0.646. The van der Waals surface area contributed by atoms with E-state index >= 15 is 0 Å². The Kier molecular flexibility index (Phi) is 5.45. The number of benzene rings is 3. The fraction of sp³-hybridized carbons (Fsp3) is 0.0833. The Morgan fingerprint density at radius 2 is 1.76 bits per heavy atom. The molecule has 2 aliphatic rings. The Labute approximate surface area is 195 Å². The van der Waals surface area contributed by atoms with E-state index in [-0.39, 0.29) is 22.5 Å². The smallest absolute Gasteiger partial charge is 0.441 e. The maximum absolute atomic E-state index is 12.9. The molecule has 10 heteroatoms. The van der Waals surface area contributed by atoms with Gasteiger partial charge in [-0.25, -0.2) is 0 Å². The molecule has 34 heavy (non-hydrogen) atoms. The van der Waals surface area contributed by atoms with Gasteiger partial charge in [0, 0.05) is 0 Å². The molecule has 0 saturated heterocycles. The molecule has 6 nitrogen and oxygen atoms in total. The molecule has 1 amide bonds. The molecule has 0 aromatic heterocycles. The minimum atomic E-state index is -4.68. The Hall–Kier alpha value is -3.92. The highest BCUT2D eigenvalue weighted by atomic mass is 32.2. The lowest BCUT2D eigenvalue weighted by molar-refractivity contribution is -0.114. The summed E-state index contributed by atoms with van der Waals surface area (Å²) in [5, 5.41) is 13.1. The van der Waals surface area contributed by atoms with Crippen LogP contribution >= 0.6 is 11.8 Å². The number of rotatable bonds is 4. The normalized spacial score (nSPS) is 17.1. The molecule has 2 aliphatic heterocycles. The van der Waals surface area contributed by atoms with Crippen LogP contribution in [-0.2, 0) is 11.4 Å². The van der Waals surface area contributed by atoms with Crippen molar-refractivity contribution in [3.63, 3.8) is 0 Å². The summed E-state index contributed by atoms with van der Waals surface area (Å²) in [7, 11) is 0. The van der Waals surface area contributed by atoms with Gasteiger partial charge in [0.15, 0.2) is 5.84 Å². The maximum atomic E-state index is 12.9. The Bertz CT molecular complexity index is 1410. The third kappa shape index (κ3) is 4.19. The molecule has 170 valence electrons. The van der Waals surface area contributed by atoms with E-state index in [0.717, 1.165) is 21.3 Å². The van der Waals surface area contributed by atoms with Gasteiger partial charge in [0.25, 0.3) is 5.91 Å². The summed E-state index contributed by atoms with van der Waals surface area (Å²) in [4.78, 5) is 16.0. The van der Waals surface area contributed by atoms with E-state index in [1.165, 1.54) is 6.08 Å². The van der Waals surface area contributed by atoms with Crippen molar-refractivity contribution in [1.29, 1.82) is 5.41 Å². The van der Waals surface area contributed by atoms with Crippen LogP contribution in [0.3, 0.4) is 0 Å². The molecular formula is C24H15F3N4O2S. The molecule has 0 saturated carbocycles. The minimum absolute atomic E-state index is 0.152. The van der Waals surface area contributed by atoms with E-state index in [9.17, 15) is 18.0 Å². The molecule has 0 spiro atoms. The Morgan fingerprint density at radius 1 is 1.03 bits per heavy atom.